The summed E-state index contributed by atoms with van der Waals surface area (Å²) in [7, 11) is 3.17. The van der Waals surface area contributed by atoms with Crippen molar-refractivity contribution in [2.24, 2.45) is 4.99 Å². The maximum absolute atomic E-state index is 11.6. The van der Waals surface area contributed by atoms with Gasteiger partial charge in [-0.25, -0.2) is 4.79 Å². The number of hydrogen-bond donors (Lipinski definition) is 2. The molecule has 1 saturated heterocycles. The summed E-state index contributed by atoms with van der Waals surface area (Å²) in [5, 5.41) is 6.82. The van der Waals surface area contributed by atoms with Gasteiger partial charge in [0.2, 0.25) is 0 Å². The van der Waals surface area contributed by atoms with Gasteiger partial charge in [0.25, 0.3) is 0 Å². The Labute approximate surface area is 178 Å². The van der Waals surface area contributed by atoms with E-state index in [0.29, 0.717) is 19.6 Å². The number of nitrogens with one attached hydrogen (secondary N) is 2. The van der Waals surface area contributed by atoms with E-state index in [1.807, 2.05) is 48.5 Å². The second-order valence-corrected chi connectivity index (χ2v) is 7.32. The molecule has 2 aromatic rings. The molecule has 1 heterocycles. The summed E-state index contributed by atoms with van der Waals surface area (Å²) < 4.78 is 10.9. The summed E-state index contributed by atoms with van der Waals surface area (Å²) in [4.78, 5) is 17.7. The van der Waals surface area contributed by atoms with Crippen molar-refractivity contribution in [2.75, 3.05) is 27.2 Å². The SMILES string of the molecule is CN=C(NCc1ccccc1Oc1ccc(C)cc1)NC1CCN(C(=O)OC)CC1. The Hall–Kier alpha value is -3.22. The molecule has 160 valence electrons. The second-order valence-electron chi connectivity index (χ2n) is 7.32. The highest BCUT2D eigenvalue weighted by atomic mass is 16.5. The molecule has 30 heavy (non-hydrogen) atoms. The smallest absolute Gasteiger partial charge is 0.409 e. The summed E-state index contributed by atoms with van der Waals surface area (Å²) in [5.74, 6) is 2.36. The number of benzene rings is 2. The fourth-order valence-corrected chi connectivity index (χ4v) is 3.39. The number of rotatable bonds is 5. The Morgan fingerprint density at radius 3 is 2.50 bits per heavy atom. The highest BCUT2D eigenvalue weighted by molar-refractivity contribution is 5.80. The third-order valence-corrected chi connectivity index (χ3v) is 5.16. The van der Waals surface area contributed by atoms with Crippen LogP contribution in [0.3, 0.4) is 0 Å². The summed E-state index contributed by atoms with van der Waals surface area (Å²) in [6, 6.07) is 16.2. The number of nitrogens with zero attached hydrogens (tertiary/aromatic N) is 2. The molecule has 7 heteroatoms. The number of carbonyl (C=O) groups is 1. The van der Waals surface area contributed by atoms with E-state index in [2.05, 4.69) is 22.5 Å². The van der Waals surface area contributed by atoms with Crippen molar-refractivity contribution in [1.82, 2.24) is 15.5 Å². The minimum atomic E-state index is -0.263. The number of ether oxygens (including phenoxy) is 2. The highest BCUT2D eigenvalue weighted by Crippen LogP contribution is 2.25. The van der Waals surface area contributed by atoms with Gasteiger partial charge in [0.15, 0.2) is 5.96 Å². The lowest BCUT2D eigenvalue weighted by Crippen LogP contribution is -2.49. The van der Waals surface area contributed by atoms with E-state index in [9.17, 15) is 4.79 Å². The molecular weight excluding hydrogens is 380 g/mol. The maximum atomic E-state index is 11.6. The summed E-state index contributed by atoms with van der Waals surface area (Å²) in [6.07, 6.45) is 1.44. The van der Waals surface area contributed by atoms with E-state index in [4.69, 9.17) is 9.47 Å². The molecule has 0 atom stereocenters. The van der Waals surface area contributed by atoms with Crippen LogP contribution >= 0.6 is 0 Å². The van der Waals surface area contributed by atoms with Crippen molar-refractivity contribution in [2.45, 2.75) is 32.4 Å². The number of guanidine groups is 1. The van der Waals surface area contributed by atoms with Crippen LogP contribution in [-0.2, 0) is 11.3 Å². The number of amides is 1. The molecule has 0 aromatic heterocycles. The lowest BCUT2D eigenvalue weighted by molar-refractivity contribution is 0.111. The van der Waals surface area contributed by atoms with E-state index >= 15 is 0 Å². The van der Waals surface area contributed by atoms with Crippen molar-refractivity contribution in [3.8, 4) is 11.5 Å². The Balaban J connectivity index is 1.54. The first kappa shape index (κ1) is 21.5. The van der Waals surface area contributed by atoms with Crippen LogP contribution in [-0.4, -0.2) is 50.2 Å². The molecule has 0 spiro atoms. The predicted molar refractivity (Wildman–Crippen MR) is 118 cm³/mol. The zero-order valence-corrected chi connectivity index (χ0v) is 17.9. The van der Waals surface area contributed by atoms with Crippen LogP contribution in [0.25, 0.3) is 0 Å². The molecule has 0 radical (unpaired) electrons. The molecular formula is C23H30N4O3. The summed E-state index contributed by atoms with van der Waals surface area (Å²) in [6.45, 7) is 3.99. The number of methoxy groups -OCH3 is 1. The van der Waals surface area contributed by atoms with Crippen LogP contribution in [0.5, 0.6) is 11.5 Å². The minimum absolute atomic E-state index is 0.260. The lowest BCUT2D eigenvalue weighted by Gasteiger charge is -2.32. The topological polar surface area (TPSA) is 75.2 Å². The molecule has 1 aliphatic heterocycles. The first-order valence-electron chi connectivity index (χ1n) is 10.2. The van der Waals surface area contributed by atoms with E-state index in [0.717, 1.165) is 35.9 Å². The number of likely N-dealkylation sites (tertiary alicyclic amines) is 1. The molecule has 1 aliphatic rings. The van der Waals surface area contributed by atoms with Gasteiger partial charge in [-0.15, -0.1) is 0 Å². The molecule has 1 fully saturated rings. The molecule has 2 aromatic carbocycles. The van der Waals surface area contributed by atoms with Gasteiger partial charge < -0.3 is 25.0 Å². The molecule has 0 saturated carbocycles. The van der Waals surface area contributed by atoms with Gasteiger partial charge in [-0.2, -0.15) is 0 Å². The molecule has 2 N–H and O–H groups in total. The molecule has 0 unspecified atom stereocenters. The number of aryl methyl sites for hydroxylation is 1. The minimum Gasteiger partial charge on any atom is -0.457 e. The van der Waals surface area contributed by atoms with Gasteiger partial charge >= 0.3 is 6.09 Å². The standard InChI is InChI=1S/C23H30N4O3/c1-17-8-10-20(11-9-17)30-21-7-5-4-6-18(21)16-25-22(24-2)26-19-12-14-27(15-13-19)23(28)29-3/h4-11,19H,12-16H2,1-3H3,(H2,24,25,26). The molecule has 1 amide bonds. The molecule has 7 nitrogen and oxygen atoms in total. The first-order chi connectivity index (χ1) is 14.6. The molecule has 0 bridgehead atoms. The maximum Gasteiger partial charge on any atom is 0.409 e. The van der Waals surface area contributed by atoms with Crippen LogP contribution < -0.4 is 15.4 Å². The van der Waals surface area contributed by atoms with Gasteiger partial charge in [0.05, 0.1) is 7.11 Å². The molecule has 0 aliphatic carbocycles. The van der Waals surface area contributed by atoms with Gasteiger partial charge in [-0.3, -0.25) is 4.99 Å². The Kier molecular flexibility index (Phi) is 7.54. The third kappa shape index (κ3) is 5.89. The van der Waals surface area contributed by atoms with Crippen molar-refractivity contribution in [1.29, 1.82) is 0 Å². The second kappa shape index (κ2) is 10.5. The fraction of sp³-hybridized carbons (Fsp3) is 0.391. The van der Waals surface area contributed by atoms with Gasteiger partial charge in [0, 0.05) is 38.3 Å². The largest absolute Gasteiger partial charge is 0.457 e. The number of para-hydroxylation sites is 1. The van der Waals surface area contributed by atoms with Gasteiger partial charge in [-0.05, 0) is 38.0 Å². The van der Waals surface area contributed by atoms with Crippen molar-refractivity contribution in [3.05, 3.63) is 59.7 Å². The van der Waals surface area contributed by atoms with Crippen LogP contribution in [0.1, 0.15) is 24.0 Å². The number of hydrogen-bond acceptors (Lipinski definition) is 4. The third-order valence-electron chi connectivity index (χ3n) is 5.16. The number of carbonyl (C=O) groups excluding carboxylic acids is 1. The monoisotopic (exact) mass is 410 g/mol. The molecule has 3 rings (SSSR count). The first-order valence-corrected chi connectivity index (χ1v) is 10.2. The summed E-state index contributed by atoms with van der Waals surface area (Å²) in [5.41, 5.74) is 2.24. The quantitative estimate of drug-likeness (QED) is 0.581. The Bertz CT molecular complexity index is 859. The van der Waals surface area contributed by atoms with Crippen LogP contribution in [0, 0.1) is 6.92 Å². The lowest BCUT2D eigenvalue weighted by atomic mass is 10.1. The number of piperidine rings is 1. The zero-order chi connectivity index (χ0) is 21.3. The predicted octanol–water partition coefficient (Wildman–Crippen LogP) is 3.68. The van der Waals surface area contributed by atoms with E-state index in [1.54, 1.807) is 11.9 Å². The van der Waals surface area contributed by atoms with Gasteiger partial charge in [0.1, 0.15) is 11.5 Å². The fourth-order valence-electron chi connectivity index (χ4n) is 3.39. The average Bonchev–Trinajstić information content (AvgIpc) is 2.79. The highest BCUT2D eigenvalue weighted by Gasteiger charge is 2.23. The van der Waals surface area contributed by atoms with Crippen molar-refractivity contribution in [3.63, 3.8) is 0 Å². The number of aliphatic imine (C=N–C) groups is 1. The Morgan fingerprint density at radius 2 is 1.83 bits per heavy atom. The van der Waals surface area contributed by atoms with E-state index < -0.39 is 0 Å². The van der Waals surface area contributed by atoms with Crippen LogP contribution in [0.4, 0.5) is 4.79 Å². The average molecular weight is 411 g/mol. The van der Waals surface area contributed by atoms with Crippen LogP contribution in [0.2, 0.25) is 0 Å². The van der Waals surface area contributed by atoms with E-state index in [-0.39, 0.29) is 12.1 Å². The normalized spacial score (nSPS) is 14.9. The van der Waals surface area contributed by atoms with Crippen molar-refractivity contribution < 1.29 is 14.3 Å². The van der Waals surface area contributed by atoms with Gasteiger partial charge in [-0.1, -0.05) is 35.9 Å². The summed E-state index contributed by atoms with van der Waals surface area (Å²) >= 11 is 0. The zero-order valence-electron chi connectivity index (χ0n) is 17.9. The van der Waals surface area contributed by atoms with E-state index in [1.165, 1.54) is 12.7 Å². The van der Waals surface area contributed by atoms with Crippen molar-refractivity contribution >= 4 is 12.1 Å². The van der Waals surface area contributed by atoms with Crippen LogP contribution in [0.15, 0.2) is 53.5 Å². The Morgan fingerprint density at radius 1 is 1.13 bits per heavy atom.